The first-order valence-electron chi connectivity index (χ1n) is 13.5. The Balaban J connectivity index is 2.27. The molecule has 1 aromatic carbocycles. The van der Waals surface area contributed by atoms with Crippen LogP contribution in [0.5, 0.6) is 0 Å². The van der Waals surface area contributed by atoms with E-state index in [0.29, 0.717) is 11.5 Å². The van der Waals surface area contributed by atoms with Crippen LogP contribution >= 0.6 is 0 Å². The minimum atomic E-state index is -1.90. The molecule has 0 amide bonds. The van der Waals surface area contributed by atoms with Crippen molar-refractivity contribution in [2.75, 3.05) is 0 Å². The Morgan fingerprint density at radius 3 is 2.22 bits per heavy atom. The van der Waals surface area contributed by atoms with Gasteiger partial charge in [-0.15, -0.1) is 0 Å². The summed E-state index contributed by atoms with van der Waals surface area (Å²) in [5, 5.41) is 0.142. The number of rotatable bonds is 11. The molecule has 5 atom stereocenters. The van der Waals surface area contributed by atoms with E-state index in [2.05, 4.69) is 67.6 Å². The van der Waals surface area contributed by atoms with Gasteiger partial charge >= 0.3 is 5.97 Å². The predicted octanol–water partition coefficient (Wildman–Crippen LogP) is 7.77. The topological polar surface area (TPSA) is 54.0 Å². The molecule has 0 radical (unpaired) electrons. The number of hydrogen-bond acceptors (Lipinski definition) is 5. The van der Waals surface area contributed by atoms with Gasteiger partial charge in [0, 0.05) is 6.10 Å². The maximum atomic E-state index is 13.1. The summed E-state index contributed by atoms with van der Waals surface area (Å²) in [5.41, 5.74) is 0.524. The fourth-order valence-electron chi connectivity index (χ4n) is 4.03. The number of carbonyl (C=O) groups is 1. The third-order valence-electron chi connectivity index (χ3n) is 7.46. The maximum Gasteiger partial charge on any atom is 0.338 e. The molecule has 0 aromatic heterocycles. The van der Waals surface area contributed by atoms with Crippen LogP contribution < -0.4 is 0 Å². The summed E-state index contributed by atoms with van der Waals surface area (Å²) < 4.78 is 25.3. The van der Waals surface area contributed by atoms with Crippen LogP contribution in [0.3, 0.4) is 0 Å². The van der Waals surface area contributed by atoms with Gasteiger partial charge in [-0.25, -0.2) is 4.79 Å². The van der Waals surface area contributed by atoms with Crippen molar-refractivity contribution in [2.45, 2.75) is 123 Å². The van der Waals surface area contributed by atoms with Gasteiger partial charge in [-0.2, -0.15) is 0 Å². The molecular weight excluding hydrogens is 468 g/mol. The Morgan fingerprint density at radius 2 is 1.67 bits per heavy atom. The van der Waals surface area contributed by atoms with Crippen molar-refractivity contribution in [3.63, 3.8) is 0 Å². The van der Waals surface area contributed by atoms with Crippen LogP contribution in [0.2, 0.25) is 18.1 Å². The fourth-order valence-corrected chi connectivity index (χ4v) is 5.53. The van der Waals surface area contributed by atoms with E-state index in [9.17, 15) is 4.79 Å². The van der Waals surface area contributed by atoms with Gasteiger partial charge in [-0.3, -0.25) is 0 Å². The van der Waals surface area contributed by atoms with E-state index in [-0.39, 0.29) is 35.2 Å². The molecule has 1 fully saturated rings. The molecule has 0 bridgehead atoms. The van der Waals surface area contributed by atoms with Crippen molar-refractivity contribution in [3.8, 4) is 0 Å². The van der Waals surface area contributed by atoms with Crippen LogP contribution in [0, 0.1) is 11.8 Å². The van der Waals surface area contributed by atoms with Gasteiger partial charge in [-0.05, 0) is 81.8 Å². The largest absolute Gasteiger partial charge is 0.452 e. The van der Waals surface area contributed by atoms with E-state index < -0.39 is 20.2 Å². The van der Waals surface area contributed by atoms with Crippen LogP contribution in [0.4, 0.5) is 0 Å². The average Bonchev–Trinajstić information content (AvgIpc) is 3.08. The summed E-state index contributed by atoms with van der Waals surface area (Å²) in [6.45, 7) is 23.8. The maximum absolute atomic E-state index is 13.1. The van der Waals surface area contributed by atoms with Crippen molar-refractivity contribution < 1.29 is 23.4 Å². The first-order chi connectivity index (χ1) is 16.5. The second-order valence-electron chi connectivity index (χ2n) is 12.7. The summed E-state index contributed by atoms with van der Waals surface area (Å²) in [6, 6.07) is 9.11. The zero-order valence-corrected chi connectivity index (χ0v) is 25.5. The minimum absolute atomic E-state index is 0.0431. The van der Waals surface area contributed by atoms with Gasteiger partial charge in [0.05, 0.1) is 11.7 Å². The molecule has 1 aromatic rings. The molecule has 6 heteroatoms. The van der Waals surface area contributed by atoms with Crippen molar-refractivity contribution in [1.29, 1.82) is 0 Å². The average molecular weight is 519 g/mol. The molecule has 5 nitrogen and oxygen atoms in total. The standard InChI is InChI=1S/C30H50O5Si/c1-21(2)17-19-26-27(34-30(8,9)33-26)25(32-28(31)24-15-13-12-14-16-24)20-18-22(3)23(4)35-36(10,11)29(5,6)7/h12-16,18,20-23,25-27H,17,19H2,1-11H3/b20-18-/t22-,23+,25?,26+,27-/m1/s1. The van der Waals surface area contributed by atoms with E-state index in [1.807, 2.05) is 38.1 Å². The Kier molecular flexibility index (Phi) is 10.6. The molecule has 0 aliphatic carbocycles. The number of carbonyl (C=O) groups excluding carboxylic acids is 1. The lowest BCUT2D eigenvalue weighted by atomic mass is 9.97. The molecule has 1 unspecified atom stereocenters. The third kappa shape index (κ3) is 8.82. The number of benzene rings is 1. The lowest BCUT2D eigenvalue weighted by molar-refractivity contribution is -0.153. The van der Waals surface area contributed by atoms with Crippen LogP contribution in [-0.2, 0) is 18.6 Å². The molecule has 2 rings (SSSR count). The van der Waals surface area contributed by atoms with E-state index in [4.69, 9.17) is 18.6 Å². The summed E-state index contributed by atoms with van der Waals surface area (Å²) in [7, 11) is -1.90. The highest BCUT2D eigenvalue weighted by Crippen LogP contribution is 2.38. The Morgan fingerprint density at radius 1 is 1.06 bits per heavy atom. The minimum Gasteiger partial charge on any atom is -0.452 e. The molecule has 36 heavy (non-hydrogen) atoms. The fraction of sp³-hybridized carbons (Fsp3) is 0.700. The van der Waals surface area contributed by atoms with Crippen molar-refractivity contribution in [2.24, 2.45) is 11.8 Å². The Hall–Kier alpha value is -1.47. The highest BCUT2D eigenvalue weighted by Gasteiger charge is 2.46. The quantitative estimate of drug-likeness (QED) is 0.170. The zero-order valence-electron chi connectivity index (χ0n) is 24.5. The van der Waals surface area contributed by atoms with Gasteiger partial charge in [0.1, 0.15) is 12.2 Å². The van der Waals surface area contributed by atoms with Crippen molar-refractivity contribution in [3.05, 3.63) is 48.0 Å². The lowest BCUT2D eigenvalue weighted by Crippen LogP contribution is -2.44. The molecule has 1 aliphatic rings. The summed E-state index contributed by atoms with van der Waals surface area (Å²) >= 11 is 0. The number of ether oxygens (including phenoxy) is 3. The van der Waals surface area contributed by atoms with Gasteiger partial charge < -0.3 is 18.6 Å². The first kappa shape index (κ1) is 30.7. The molecule has 1 aliphatic heterocycles. The summed E-state index contributed by atoms with van der Waals surface area (Å²) in [4.78, 5) is 13.1. The smallest absolute Gasteiger partial charge is 0.338 e. The monoisotopic (exact) mass is 518 g/mol. The Labute approximate surface area is 221 Å². The second kappa shape index (κ2) is 12.4. The van der Waals surface area contributed by atoms with Crippen LogP contribution in [0.15, 0.2) is 42.5 Å². The van der Waals surface area contributed by atoms with E-state index in [1.165, 1.54) is 0 Å². The molecule has 1 heterocycles. The SMILES string of the molecule is CC(C)CC[C@@H]1OC(C)(C)O[C@@H]1C(/C=C\[C@@H](C)[C@H](C)O[Si](C)(C)C(C)(C)C)OC(=O)c1ccccc1. The highest BCUT2D eigenvalue weighted by atomic mass is 28.4. The highest BCUT2D eigenvalue weighted by molar-refractivity contribution is 6.74. The van der Waals surface area contributed by atoms with Crippen LogP contribution in [0.1, 0.15) is 85.5 Å². The van der Waals surface area contributed by atoms with E-state index >= 15 is 0 Å². The molecule has 0 spiro atoms. The van der Waals surface area contributed by atoms with Gasteiger partial charge in [0.15, 0.2) is 14.1 Å². The van der Waals surface area contributed by atoms with Crippen molar-refractivity contribution >= 4 is 14.3 Å². The second-order valence-corrected chi connectivity index (χ2v) is 17.4. The van der Waals surface area contributed by atoms with Gasteiger partial charge in [0.2, 0.25) is 0 Å². The molecular formula is C30H50O5Si. The van der Waals surface area contributed by atoms with Crippen molar-refractivity contribution in [1.82, 2.24) is 0 Å². The number of hydrogen-bond donors (Lipinski definition) is 0. The number of esters is 1. The lowest BCUT2D eigenvalue weighted by Gasteiger charge is -2.39. The first-order valence-corrected chi connectivity index (χ1v) is 16.4. The molecule has 1 saturated heterocycles. The summed E-state index contributed by atoms with van der Waals surface area (Å²) in [5.74, 6) is -0.407. The molecule has 0 saturated carbocycles. The normalized spacial score (nSPS) is 23.1. The van der Waals surface area contributed by atoms with Gasteiger partial charge in [0.25, 0.3) is 0 Å². The zero-order chi connectivity index (χ0) is 27.3. The van der Waals surface area contributed by atoms with Gasteiger partial charge in [-0.1, -0.05) is 65.8 Å². The molecule has 0 N–H and O–H groups in total. The van der Waals surface area contributed by atoms with Crippen LogP contribution in [0.25, 0.3) is 0 Å². The van der Waals surface area contributed by atoms with E-state index in [1.54, 1.807) is 12.1 Å². The van der Waals surface area contributed by atoms with Crippen LogP contribution in [-0.4, -0.2) is 44.5 Å². The third-order valence-corrected chi connectivity index (χ3v) is 12.0. The van der Waals surface area contributed by atoms with E-state index in [0.717, 1.165) is 12.8 Å². The predicted molar refractivity (Wildman–Crippen MR) is 150 cm³/mol. The summed E-state index contributed by atoms with van der Waals surface area (Å²) in [6.07, 6.45) is 4.88. The Bertz CT molecular complexity index is 856. The molecule has 204 valence electrons.